The van der Waals surface area contributed by atoms with Crippen LogP contribution in [0.3, 0.4) is 0 Å². The van der Waals surface area contributed by atoms with E-state index in [1.165, 1.54) is 6.20 Å². The van der Waals surface area contributed by atoms with Crippen molar-refractivity contribution in [3.63, 3.8) is 0 Å². The molecule has 0 aliphatic heterocycles. The highest BCUT2D eigenvalue weighted by Crippen LogP contribution is 2.18. The Kier molecular flexibility index (Phi) is 3.61. The molecule has 0 bridgehead atoms. The zero-order valence-corrected chi connectivity index (χ0v) is 12.9. The minimum Gasteiger partial charge on any atom is -0.384 e. The normalized spacial score (nSPS) is 10.9. The minimum absolute atomic E-state index is 0.0580. The first kappa shape index (κ1) is 14.8. The molecule has 0 atom stereocenters. The van der Waals surface area contributed by atoms with E-state index >= 15 is 0 Å². The highest BCUT2D eigenvalue weighted by atomic mass is 16.1. The van der Waals surface area contributed by atoms with Crippen molar-refractivity contribution in [2.24, 2.45) is 5.73 Å². The van der Waals surface area contributed by atoms with Crippen molar-refractivity contribution in [3.8, 4) is 11.3 Å². The first-order chi connectivity index (χ1) is 11.0. The molecule has 3 rings (SSSR count). The van der Waals surface area contributed by atoms with Gasteiger partial charge in [-0.25, -0.2) is 9.97 Å². The maximum atomic E-state index is 12.7. The van der Waals surface area contributed by atoms with Gasteiger partial charge in [0, 0.05) is 29.9 Å². The largest absolute Gasteiger partial charge is 0.384 e. The molecule has 3 aromatic rings. The zero-order chi connectivity index (χ0) is 16.6. The summed E-state index contributed by atoms with van der Waals surface area (Å²) in [5.74, 6) is 0.563. The Morgan fingerprint density at radius 3 is 2.70 bits per heavy atom. The van der Waals surface area contributed by atoms with Gasteiger partial charge in [-0.1, -0.05) is 0 Å². The highest BCUT2D eigenvalue weighted by molar-refractivity contribution is 5.94. The number of pyridine rings is 2. The summed E-state index contributed by atoms with van der Waals surface area (Å²) in [5, 5.41) is 8.18. The predicted octanol–water partition coefficient (Wildman–Crippen LogP) is 1.47. The van der Waals surface area contributed by atoms with E-state index in [-0.39, 0.29) is 11.4 Å². The molecule has 3 heterocycles. The van der Waals surface area contributed by atoms with Crippen molar-refractivity contribution in [3.05, 3.63) is 52.3 Å². The van der Waals surface area contributed by atoms with Crippen LogP contribution in [-0.2, 0) is 6.54 Å². The second-order valence-corrected chi connectivity index (χ2v) is 5.15. The van der Waals surface area contributed by atoms with Crippen molar-refractivity contribution in [2.75, 3.05) is 0 Å². The number of hydrogen-bond donors (Lipinski definition) is 2. The van der Waals surface area contributed by atoms with Gasteiger partial charge in [0.1, 0.15) is 17.3 Å². The maximum absolute atomic E-state index is 12.7. The smallest absolute Gasteiger partial charge is 0.261 e. The number of fused-ring (bicyclic) bond motifs is 1. The van der Waals surface area contributed by atoms with Crippen molar-refractivity contribution in [2.45, 2.75) is 20.4 Å². The lowest BCUT2D eigenvalue weighted by Crippen LogP contribution is -2.22. The monoisotopic (exact) mass is 308 g/mol. The number of nitrogens with two attached hydrogens (primary N) is 1. The standard InChI is InChI=1S/C16H16N6O/c1-3-22-15-11(8-19-9(2)21-15)6-12(16(22)23)13-5-4-10(7-20-13)14(17)18/h4-8H,3H2,1-2H3,(H3,17,18). The van der Waals surface area contributed by atoms with Crippen molar-refractivity contribution in [1.82, 2.24) is 19.5 Å². The third kappa shape index (κ3) is 2.57. The third-order valence-corrected chi connectivity index (χ3v) is 3.61. The summed E-state index contributed by atoms with van der Waals surface area (Å²) in [6.07, 6.45) is 3.19. The topological polar surface area (TPSA) is 111 Å². The Hall–Kier alpha value is -3.09. The average Bonchev–Trinajstić information content (AvgIpc) is 2.54. The second-order valence-electron chi connectivity index (χ2n) is 5.15. The van der Waals surface area contributed by atoms with Gasteiger partial charge in [-0.3, -0.25) is 19.8 Å². The van der Waals surface area contributed by atoms with Crippen LogP contribution in [0, 0.1) is 12.3 Å². The molecule has 23 heavy (non-hydrogen) atoms. The number of nitrogens with zero attached hydrogens (tertiary/aromatic N) is 4. The fourth-order valence-corrected chi connectivity index (χ4v) is 2.43. The molecule has 3 N–H and O–H groups in total. The molecule has 0 aliphatic rings. The number of hydrogen-bond acceptors (Lipinski definition) is 5. The molecule has 0 amide bonds. The van der Waals surface area contributed by atoms with Gasteiger partial charge in [-0.2, -0.15) is 0 Å². The summed E-state index contributed by atoms with van der Waals surface area (Å²) >= 11 is 0. The summed E-state index contributed by atoms with van der Waals surface area (Å²) < 4.78 is 1.61. The van der Waals surface area contributed by atoms with Crippen LogP contribution in [0.2, 0.25) is 0 Å². The van der Waals surface area contributed by atoms with Gasteiger partial charge >= 0.3 is 0 Å². The van der Waals surface area contributed by atoms with E-state index in [1.807, 2.05) is 6.92 Å². The van der Waals surface area contributed by atoms with Gasteiger partial charge in [0.05, 0.1) is 11.3 Å². The zero-order valence-electron chi connectivity index (χ0n) is 12.9. The van der Waals surface area contributed by atoms with Gasteiger partial charge in [0.2, 0.25) is 0 Å². The molecule has 116 valence electrons. The van der Waals surface area contributed by atoms with Gasteiger partial charge < -0.3 is 5.73 Å². The summed E-state index contributed by atoms with van der Waals surface area (Å²) in [4.78, 5) is 25.6. The summed E-state index contributed by atoms with van der Waals surface area (Å²) in [6.45, 7) is 4.19. The van der Waals surface area contributed by atoms with Crippen molar-refractivity contribution >= 4 is 16.9 Å². The number of nitrogens with one attached hydrogen (secondary N) is 1. The van der Waals surface area contributed by atoms with Crippen LogP contribution in [0.1, 0.15) is 18.3 Å². The molecular formula is C16H16N6O. The van der Waals surface area contributed by atoms with Gasteiger partial charge in [0.15, 0.2) is 0 Å². The van der Waals surface area contributed by atoms with Crippen LogP contribution in [0.4, 0.5) is 0 Å². The van der Waals surface area contributed by atoms with E-state index in [2.05, 4.69) is 15.0 Å². The van der Waals surface area contributed by atoms with Gasteiger partial charge in [0.25, 0.3) is 5.56 Å². The molecule has 3 aromatic heterocycles. The molecule has 0 spiro atoms. The molecule has 0 unspecified atom stereocenters. The van der Waals surface area contributed by atoms with Crippen molar-refractivity contribution < 1.29 is 0 Å². The molecule has 0 aliphatic carbocycles. The number of aromatic nitrogens is 4. The lowest BCUT2D eigenvalue weighted by molar-refractivity contribution is 0.747. The number of nitrogen functional groups attached to an aromatic ring is 1. The van der Waals surface area contributed by atoms with E-state index in [0.717, 1.165) is 5.39 Å². The van der Waals surface area contributed by atoms with Crippen LogP contribution in [0.5, 0.6) is 0 Å². The molecule has 0 aromatic carbocycles. The Bertz CT molecular complexity index is 959. The van der Waals surface area contributed by atoms with E-state index in [4.69, 9.17) is 11.1 Å². The van der Waals surface area contributed by atoms with E-state index in [1.54, 1.807) is 35.9 Å². The van der Waals surface area contributed by atoms with Gasteiger partial charge in [-0.05, 0) is 32.0 Å². The van der Waals surface area contributed by atoms with Gasteiger partial charge in [-0.15, -0.1) is 0 Å². The fraction of sp³-hybridized carbons (Fsp3) is 0.188. The lowest BCUT2D eigenvalue weighted by Gasteiger charge is -2.10. The molecule has 0 saturated heterocycles. The first-order valence-corrected chi connectivity index (χ1v) is 7.19. The maximum Gasteiger partial charge on any atom is 0.261 e. The molecule has 0 fully saturated rings. The Balaban J connectivity index is 2.25. The Labute approximate surface area is 132 Å². The Morgan fingerprint density at radius 2 is 2.09 bits per heavy atom. The predicted molar refractivity (Wildman–Crippen MR) is 88.5 cm³/mol. The number of aryl methyl sites for hydroxylation is 2. The molecular weight excluding hydrogens is 292 g/mol. The minimum atomic E-state index is -0.152. The quantitative estimate of drug-likeness (QED) is 0.562. The summed E-state index contributed by atoms with van der Waals surface area (Å²) in [5.41, 5.74) is 7.42. The lowest BCUT2D eigenvalue weighted by atomic mass is 10.1. The van der Waals surface area contributed by atoms with E-state index < -0.39 is 0 Å². The molecule has 7 heteroatoms. The number of rotatable bonds is 3. The molecule has 0 saturated carbocycles. The first-order valence-electron chi connectivity index (χ1n) is 7.19. The van der Waals surface area contributed by atoms with E-state index in [0.29, 0.717) is 34.8 Å². The second kappa shape index (κ2) is 5.60. The van der Waals surface area contributed by atoms with Crippen LogP contribution < -0.4 is 11.3 Å². The fourth-order valence-electron chi connectivity index (χ4n) is 2.43. The average molecular weight is 308 g/mol. The van der Waals surface area contributed by atoms with Crippen molar-refractivity contribution in [1.29, 1.82) is 5.41 Å². The summed E-state index contributed by atoms with van der Waals surface area (Å²) in [6, 6.07) is 5.11. The van der Waals surface area contributed by atoms with Crippen LogP contribution in [-0.4, -0.2) is 25.4 Å². The Morgan fingerprint density at radius 1 is 1.30 bits per heavy atom. The van der Waals surface area contributed by atoms with E-state index in [9.17, 15) is 4.79 Å². The third-order valence-electron chi connectivity index (χ3n) is 3.61. The van der Waals surface area contributed by atoms with Crippen LogP contribution >= 0.6 is 0 Å². The highest BCUT2D eigenvalue weighted by Gasteiger charge is 2.13. The van der Waals surface area contributed by atoms with Crippen LogP contribution in [0.15, 0.2) is 35.4 Å². The van der Waals surface area contributed by atoms with Crippen LogP contribution in [0.25, 0.3) is 22.3 Å². The number of amidine groups is 1. The SMILES string of the molecule is CCn1c(=O)c(-c2ccc(C(=N)N)cn2)cc2cnc(C)nc21. The summed E-state index contributed by atoms with van der Waals surface area (Å²) in [7, 11) is 0. The molecule has 7 nitrogen and oxygen atoms in total. The molecule has 0 radical (unpaired) electrons.